The highest BCUT2D eigenvalue weighted by Gasteiger charge is 2.25. The first-order valence-electron chi connectivity index (χ1n) is 6.60. The molecule has 0 N–H and O–H groups in total. The second-order valence-corrected chi connectivity index (χ2v) is 5.05. The van der Waals surface area contributed by atoms with Gasteiger partial charge in [-0.2, -0.15) is 0 Å². The maximum atomic E-state index is 12.0. The van der Waals surface area contributed by atoms with Crippen LogP contribution in [0.1, 0.15) is 6.92 Å². The van der Waals surface area contributed by atoms with E-state index in [9.17, 15) is 4.79 Å². The maximum absolute atomic E-state index is 12.0. The topological polar surface area (TPSA) is 44.8 Å². The van der Waals surface area contributed by atoms with E-state index in [-0.39, 0.29) is 17.4 Å². The van der Waals surface area contributed by atoms with Gasteiger partial charge in [0.25, 0.3) is 0 Å². The monoisotopic (exact) mass is 340 g/mol. The molecule has 0 aliphatic heterocycles. The third-order valence-corrected chi connectivity index (χ3v) is 3.12. The summed E-state index contributed by atoms with van der Waals surface area (Å²) in [5.74, 6) is 0.114. The van der Waals surface area contributed by atoms with Gasteiger partial charge >= 0.3 is 12.3 Å². The number of ether oxygens (including phenoxy) is 3. The molecule has 2 aromatic rings. The lowest BCUT2D eigenvalue weighted by Crippen LogP contribution is -2.35. The number of para-hydroxylation sites is 1. The van der Waals surface area contributed by atoms with Crippen molar-refractivity contribution in [3.8, 4) is 11.5 Å². The third-order valence-electron chi connectivity index (χ3n) is 2.59. The van der Waals surface area contributed by atoms with E-state index in [4.69, 9.17) is 37.4 Å². The SMILES string of the molecule is CCOC(=O)C(Oc1ccccc1)Oc1ccc(Cl)cc1Cl. The second-order valence-electron chi connectivity index (χ2n) is 4.21. The summed E-state index contributed by atoms with van der Waals surface area (Å²) in [6, 6.07) is 13.5. The molecular weight excluding hydrogens is 327 g/mol. The van der Waals surface area contributed by atoms with Crippen LogP contribution in [0.4, 0.5) is 0 Å². The first kappa shape index (κ1) is 16.5. The predicted molar refractivity (Wildman–Crippen MR) is 84.6 cm³/mol. The summed E-state index contributed by atoms with van der Waals surface area (Å²) in [5, 5.41) is 0.743. The number of halogens is 2. The van der Waals surface area contributed by atoms with Crippen molar-refractivity contribution in [1.82, 2.24) is 0 Å². The molecule has 0 radical (unpaired) electrons. The molecular formula is C16H14Cl2O4. The molecule has 0 aromatic heterocycles. The minimum absolute atomic E-state index is 0.213. The summed E-state index contributed by atoms with van der Waals surface area (Å²) in [6.07, 6.45) is -1.26. The lowest BCUT2D eigenvalue weighted by Gasteiger charge is -2.19. The van der Waals surface area contributed by atoms with E-state index < -0.39 is 12.3 Å². The number of rotatable bonds is 6. The summed E-state index contributed by atoms with van der Waals surface area (Å²) >= 11 is 11.9. The molecule has 2 rings (SSSR count). The van der Waals surface area contributed by atoms with Gasteiger partial charge in [-0.15, -0.1) is 0 Å². The summed E-state index contributed by atoms with van der Waals surface area (Å²) in [7, 11) is 0. The van der Waals surface area contributed by atoms with Gasteiger partial charge in [-0.3, -0.25) is 0 Å². The molecule has 4 nitrogen and oxygen atoms in total. The fourth-order valence-electron chi connectivity index (χ4n) is 1.64. The summed E-state index contributed by atoms with van der Waals surface area (Å²) in [5.41, 5.74) is 0. The van der Waals surface area contributed by atoms with Gasteiger partial charge in [0.15, 0.2) is 0 Å². The molecule has 0 aliphatic rings. The quantitative estimate of drug-likeness (QED) is 0.579. The Morgan fingerprint density at radius 2 is 1.82 bits per heavy atom. The molecule has 0 heterocycles. The van der Waals surface area contributed by atoms with Gasteiger partial charge in [-0.25, -0.2) is 4.79 Å². The van der Waals surface area contributed by atoms with Crippen LogP contribution in [0.15, 0.2) is 48.5 Å². The number of carbonyl (C=O) groups excluding carboxylic acids is 1. The number of benzene rings is 2. The summed E-state index contributed by atoms with van der Waals surface area (Å²) in [6.45, 7) is 1.91. The van der Waals surface area contributed by atoms with Crippen LogP contribution in [0.25, 0.3) is 0 Å². The Morgan fingerprint density at radius 3 is 2.45 bits per heavy atom. The van der Waals surface area contributed by atoms with Crippen molar-refractivity contribution in [3.05, 3.63) is 58.6 Å². The highest BCUT2D eigenvalue weighted by atomic mass is 35.5. The van der Waals surface area contributed by atoms with Crippen LogP contribution in [-0.4, -0.2) is 18.9 Å². The van der Waals surface area contributed by atoms with Crippen LogP contribution in [-0.2, 0) is 9.53 Å². The van der Waals surface area contributed by atoms with Crippen LogP contribution < -0.4 is 9.47 Å². The Balaban J connectivity index is 2.18. The van der Waals surface area contributed by atoms with Gasteiger partial charge < -0.3 is 14.2 Å². The van der Waals surface area contributed by atoms with Crippen molar-refractivity contribution >= 4 is 29.2 Å². The number of hydrogen-bond acceptors (Lipinski definition) is 4. The summed E-state index contributed by atoms with van der Waals surface area (Å²) < 4.78 is 16.0. The van der Waals surface area contributed by atoms with Gasteiger partial charge in [-0.05, 0) is 37.3 Å². The van der Waals surface area contributed by atoms with E-state index in [1.54, 1.807) is 43.3 Å². The zero-order chi connectivity index (χ0) is 15.9. The number of esters is 1. The van der Waals surface area contributed by atoms with Crippen molar-refractivity contribution in [3.63, 3.8) is 0 Å². The Kier molecular flexibility index (Phi) is 5.92. The van der Waals surface area contributed by atoms with E-state index in [1.165, 1.54) is 6.07 Å². The first-order valence-corrected chi connectivity index (χ1v) is 7.35. The lowest BCUT2D eigenvalue weighted by molar-refractivity contribution is -0.165. The normalized spacial score (nSPS) is 11.6. The maximum Gasteiger partial charge on any atom is 0.389 e. The van der Waals surface area contributed by atoms with Gasteiger partial charge in [0.2, 0.25) is 0 Å². The third kappa shape index (κ3) is 4.55. The van der Waals surface area contributed by atoms with E-state index in [2.05, 4.69) is 0 Å². The molecule has 2 aromatic carbocycles. The fourth-order valence-corrected chi connectivity index (χ4v) is 2.09. The Hall–Kier alpha value is -1.91. The van der Waals surface area contributed by atoms with Crippen LogP contribution in [0.5, 0.6) is 11.5 Å². The molecule has 0 saturated carbocycles. The number of carbonyl (C=O) groups is 1. The lowest BCUT2D eigenvalue weighted by atomic mass is 10.3. The predicted octanol–water partition coefficient (Wildman–Crippen LogP) is 4.34. The van der Waals surface area contributed by atoms with Crippen molar-refractivity contribution in [2.75, 3.05) is 6.61 Å². The van der Waals surface area contributed by atoms with Gasteiger partial charge in [0.05, 0.1) is 11.6 Å². The van der Waals surface area contributed by atoms with E-state index in [0.717, 1.165) is 0 Å². The van der Waals surface area contributed by atoms with Gasteiger partial charge in [-0.1, -0.05) is 41.4 Å². The van der Waals surface area contributed by atoms with Crippen LogP contribution in [0.2, 0.25) is 10.0 Å². The zero-order valence-electron chi connectivity index (χ0n) is 11.8. The van der Waals surface area contributed by atoms with E-state index in [0.29, 0.717) is 10.8 Å². The van der Waals surface area contributed by atoms with Crippen LogP contribution in [0, 0.1) is 0 Å². The molecule has 116 valence electrons. The molecule has 1 atom stereocenters. The van der Waals surface area contributed by atoms with Crippen molar-refractivity contribution in [2.24, 2.45) is 0 Å². The van der Waals surface area contributed by atoms with Crippen molar-refractivity contribution in [2.45, 2.75) is 13.2 Å². The average Bonchev–Trinajstić information content (AvgIpc) is 2.50. The summed E-state index contributed by atoms with van der Waals surface area (Å²) in [4.78, 5) is 12.0. The molecule has 22 heavy (non-hydrogen) atoms. The zero-order valence-corrected chi connectivity index (χ0v) is 13.3. The fraction of sp³-hybridized carbons (Fsp3) is 0.188. The Labute approximate surface area is 138 Å². The minimum Gasteiger partial charge on any atom is -0.460 e. The standard InChI is InChI=1S/C16H14Cl2O4/c1-2-20-15(19)16(21-12-6-4-3-5-7-12)22-14-9-8-11(17)10-13(14)18/h3-10,16H,2H2,1H3. The Morgan fingerprint density at radius 1 is 1.09 bits per heavy atom. The highest BCUT2D eigenvalue weighted by Crippen LogP contribution is 2.29. The number of hydrogen-bond donors (Lipinski definition) is 0. The van der Waals surface area contributed by atoms with Crippen LogP contribution >= 0.6 is 23.2 Å². The molecule has 0 fully saturated rings. The molecule has 0 spiro atoms. The molecule has 0 amide bonds. The minimum atomic E-state index is -1.26. The second kappa shape index (κ2) is 7.92. The first-order chi connectivity index (χ1) is 10.6. The van der Waals surface area contributed by atoms with Crippen molar-refractivity contribution < 1.29 is 19.0 Å². The smallest absolute Gasteiger partial charge is 0.389 e. The van der Waals surface area contributed by atoms with Crippen molar-refractivity contribution in [1.29, 1.82) is 0 Å². The van der Waals surface area contributed by atoms with E-state index in [1.807, 2.05) is 6.07 Å². The van der Waals surface area contributed by atoms with Gasteiger partial charge in [0.1, 0.15) is 11.5 Å². The molecule has 0 aliphatic carbocycles. The average molecular weight is 341 g/mol. The molecule has 1 unspecified atom stereocenters. The van der Waals surface area contributed by atoms with Gasteiger partial charge in [0, 0.05) is 5.02 Å². The van der Waals surface area contributed by atoms with Crippen LogP contribution in [0.3, 0.4) is 0 Å². The van der Waals surface area contributed by atoms with E-state index >= 15 is 0 Å². The molecule has 0 saturated heterocycles. The highest BCUT2D eigenvalue weighted by molar-refractivity contribution is 6.35. The molecule has 0 bridgehead atoms. The largest absolute Gasteiger partial charge is 0.460 e. The Bertz CT molecular complexity index is 631. The molecule has 6 heteroatoms.